The monoisotopic (exact) mass is 293 g/mol. The molecule has 3 nitrogen and oxygen atoms in total. The molecule has 0 aliphatic carbocycles. The lowest BCUT2D eigenvalue weighted by atomic mass is 10.1. The van der Waals surface area contributed by atoms with Gasteiger partial charge < -0.3 is 10.3 Å². The number of rotatable bonds is 3. The summed E-state index contributed by atoms with van der Waals surface area (Å²) < 4.78 is 3.21. The van der Waals surface area contributed by atoms with Gasteiger partial charge in [0.2, 0.25) is 0 Å². The summed E-state index contributed by atoms with van der Waals surface area (Å²) in [5.41, 5.74) is 8.98. The molecular weight excluding hydrogens is 278 g/mol. The number of imidazole rings is 1. The van der Waals surface area contributed by atoms with Crippen molar-refractivity contribution in [3.05, 3.63) is 40.3 Å². The van der Waals surface area contributed by atoms with Crippen LogP contribution in [0, 0.1) is 6.92 Å². The highest BCUT2D eigenvalue weighted by atomic mass is 79.9. The second-order valence-corrected chi connectivity index (χ2v) is 4.99. The molecule has 0 fully saturated rings. The van der Waals surface area contributed by atoms with E-state index in [1.54, 1.807) is 0 Å². The van der Waals surface area contributed by atoms with Crippen molar-refractivity contribution < 1.29 is 0 Å². The van der Waals surface area contributed by atoms with E-state index in [0.29, 0.717) is 6.54 Å². The number of nitrogens with two attached hydrogens (primary N) is 1. The van der Waals surface area contributed by atoms with E-state index in [-0.39, 0.29) is 0 Å². The third kappa shape index (κ3) is 2.42. The van der Waals surface area contributed by atoms with Gasteiger partial charge in [-0.05, 0) is 25.6 Å². The Morgan fingerprint density at radius 2 is 2.18 bits per heavy atom. The van der Waals surface area contributed by atoms with E-state index in [9.17, 15) is 0 Å². The minimum absolute atomic E-state index is 0.627. The molecule has 4 heteroatoms. The Labute approximate surface area is 110 Å². The Bertz CT molecular complexity index is 531. The fourth-order valence-electron chi connectivity index (χ4n) is 2.08. The van der Waals surface area contributed by atoms with Crippen molar-refractivity contribution in [1.29, 1.82) is 0 Å². The molecule has 2 N–H and O–H groups in total. The fraction of sp³-hybridized carbons (Fsp3) is 0.308. The van der Waals surface area contributed by atoms with E-state index in [0.717, 1.165) is 28.1 Å². The van der Waals surface area contributed by atoms with Gasteiger partial charge in [0.15, 0.2) is 0 Å². The lowest BCUT2D eigenvalue weighted by Gasteiger charge is -2.06. The summed E-state index contributed by atoms with van der Waals surface area (Å²) in [4.78, 5) is 4.57. The Kier molecular flexibility index (Phi) is 3.64. The molecule has 0 aliphatic rings. The molecule has 17 heavy (non-hydrogen) atoms. The van der Waals surface area contributed by atoms with Crippen LogP contribution in [0.5, 0.6) is 0 Å². The molecule has 0 bridgehead atoms. The molecule has 0 radical (unpaired) electrons. The fourth-order valence-corrected chi connectivity index (χ4v) is 2.48. The van der Waals surface area contributed by atoms with Crippen molar-refractivity contribution in [3.63, 3.8) is 0 Å². The van der Waals surface area contributed by atoms with Crippen LogP contribution in [-0.2, 0) is 13.5 Å². The van der Waals surface area contributed by atoms with E-state index in [1.165, 1.54) is 5.56 Å². The van der Waals surface area contributed by atoms with Crippen LogP contribution in [0.25, 0.3) is 11.3 Å². The molecule has 90 valence electrons. The van der Waals surface area contributed by atoms with E-state index in [2.05, 4.69) is 37.6 Å². The van der Waals surface area contributed by atoms with Gasteiger partial charge in [-0.1, -0.05) is 28.1 Å². The average Bonchev–Trinajstić information content (AvgIpc) is 2.55. The lowest BCUT2D eigenvalue weighted by Crippen LogP contribution is -2.08. The first-order valence-corrected chi connectivity index (χ1v) is 6.41. The van der Waals surface area contributed by atoms with E-state index >= 15 is 0 Å². The zero-order chi connectivity index (χ0) is 12.4. The van der Waals surface area contributed by atoms with E-state index < -0.39 is 0 Å². The minimum atomic E-state index is 0.627. The first-order valence-electron chi connectivity index (χ1n) is 5.61. The Morgan fingerprint density at radius 1 is 1.41 bits per heavy atom. The van der Waals surface area contributed by atoms with Crippen LogP contribution in [0.1, 0.15) is 11.5 Å². The number of halogens is 1. The number of aryl methyl sites for hydroxylation is 1. The van der Waals surface area contributed by atoms with E-state index in [1.807, 2.05) is 26.1 Å². The molecular formula is C13H16BrN3. The Morgan fingerprint density at radius 3 is 2.82 bits per heavy atom. The summed E-state index contributed by atoms with van der Waals surface area (Å²) in [6.45, 7) is 2.67. The number of aromatic nitrogens is 2. The number of hydrogen-bond donors (Lipinski definition) is 1. The van der Waals surface area contributed by atoms with Crippen LogP contribution >= 0.6 is 15.9 Å². The Balaban J connectivity index is 2.52. The van der Waals surface area contributed by atoms with Crippen LogP contribution in [-0.4, -0.2) is 16.1 Å². The minimum Gasteiger partial charge on any atom is -0.331 e. The molecule has 2 rings (SSSR count). The molecule has 0 amide bonds. The molecule has 1 aromatic heterocycles. The quantitative estimate of drug-likeness (QED) is 0.945. The molecule has 0 saturated heterocycles. The standard InChI is InChI=1S/C13H16BrN3/c1-9-13(10-4-3-5-11(14)8-10)17(2)12(16-9)6-7-15/h3-5,8H,6-7,15H2,1-2H3. The van der Waals surface area contributed by atoms with E-state index in [4.69, 9.17) is 5.73 Å². The number of nitrogens with zero attached hydrogens (tertiary/aromatic N) is 2. The maximum absolute atomic E-state index is 5.59. The van der Waals surface area contributed by atoms with Gasteiger partial charge in [-0.15, -0.1) is 0 Å². The maximum Gasteiger partial charge on any atom is 0.110 e. The van der Waals surface area contributed by atoms with Crippen molar-refractivity contribution in [2.75, 3.05) is 6.54 Å². The van der Waals surface area contributed by atoms with Crippen LogP contribution < -0.4 is 5.73 Å². The van der Waals surface area contributed by atoms with Gasteiger partial charge >= 0.3 is 0 Å². The zero-order valence-electron chi connectivity index (χ0n) is 10.1. The van der Waals surface area contributed by atoms with Gasteiger partial charge in [0.25, 0.3) is 0 Å². The normalized spacial score (nSPS) is 10.8. The Hall–Kier alpha value is -1.13. The van der Waals surface area contributed by atoms with Crippen molar-refractivity contribution in [2.24, 2.45) is 12.8 Å². The largest absolute Gasteiger partial charge is 0.331 e. The summed E-state index contributed by atoms with van der Waals surface area (Å²) in [6.07, 6.45) is 0.811. The average molecular weight is 294 g/mol. The summed E-state index contributed by atoms with van der Waals surface area (Å²) in [6, 6.07) is 8.27. The van der Waals surface area contributed by atoms with Gasteiger partial charge in [0, 0.05) is 23.5 Å². The maximum atomic E-state index is 5.59. The first-order chi connectivity index (χ1) is 8.13. The zero-order valence-corrected chi connectivity index (χ0v) is 11.7. The van der Waals surface area contributed by atoms with Gasteiger partial charge in [-0.3, -0.25) is 0 Å². The number of hydrogen-bond acceptors (Lipinski definition) is 2. The highest BCUT2D eigenvalue weighted by molar-refractivity contribution is 9.10. The molecule has 0 unspecified atom stereocenters. The predicted octanol–water partition coefficient (Wildman–Crippen LogP) is 2.66. The summed E-state index contributed by atoms with van der Waals surface area (Å²) in [5.74, 6) is 1.04. The summed E-state index contributed by atoms with van der Waals surface area (Å²) in [7, 11) is 2.04. The third-order valence-electron chi connectivity index (χ3n) is 2.83. The SMILES string of the molecule is Cc1nc(CCN)n(C)c1-c1cccc(Br)c1. The highest BCUT2D eigenvalue weighted by Gasteiger charge is 2.12. The molecule has 1 heterocycles. The van der Waals surface area contributed by atoms with Crippen LogP contribution in [0.15, 0.2) is 28.7 Å². The lowest BCUT2D eigenvalue weighted by molar-refractivity contribution is 0.782. The van der Waals surface area contributed by atoms with Gasteiger partial charge in [0.05, 0.1) is 11.4 Å². The van der Waals surface area contributed by atoms with Crippen molar-refractivity contribution in [1.82, 2.24) is 9.55 Å². The predicted molar refractivity (Wildman–Crippen MR) is 73.8 cm³/mol. The van der Waals surface area contributed by atoms with Gasteiger partial charge in [-0.25, -0.2) is 4.98 Å². The van der Waals surface area contributed by atoms with Crippen LogP contribution in [0.4, 0.5) is 0 Å². The molecule has 1 aromatic carbocycles. The van der Waals surface area contributed by atoms with Crippen molar-refractivity contribution in [3.8, 4) is 11.3 Å². The van der Waals surface area contributed by atoms with Gasteiger partial charge in [-0.2, -0.15) is 0 Å². The second kappa shape index (κ2) is 5.02. The second-order valence-electron chi connectivity index (χ2n) is 4.07. The smallest absolute Gasteiger partial charge is 0.110 e. The van der Waals surface area contributed by atoms with Crippen molar-refractivity contribution >= 4 is 15.9 Å². The first kappa shape index (κ1) is 12.3. The number of benzene rings is 1. The molecule has 0 saturated carbocycles. The summed E-state index contributed by atoms with van der Waals surface area (Å²) in [5, 5.41) is 0. The van der Waals surface area contributed by atoms with Crippen LogP contribution in [0.2, 0.25) is 0 Å². The van der Waals surface area contributed by atoms with Gasteiger partial charge in [0.1, 0.15) is 5.82 Å². The van der Waals surface area contributed by atoms with Crippen LogP contribution in [0.3, 0.4) is 0 Å². The highest BCUT2D eigenvalue weighted by Crippen LogP contribution is 2.26. The molecule has 0 aliphatic heterocycles. The molecule has 2 aromatic rings. The van der Waals surface area contributed by atoms with Crippen molar-refractivity contribution in [2.45, 2.75) is 13.3 Å². The topological polar surface area (TPSA) is 43.8 Å². The molecule has 0 spiro atoms. The summed E-state index contributed by atoms with van der Waals surface area (Å²) >= 11 is 3.50. The third-order valence-corrected chi connectivity index (χ3v) is 3.32. The molecule has 0 atom stereocenters.